The van der Waals surface area contributed by atoms with Gasteiger partial charge in [-0.05, 0) is 66.3 Å². The van der Waals surface area contributed by atoms with Crippen molar-refractivity contribution in [2.75, 3.05) is 6.26 Å². The summed E-state index contributed by atoms with van der Waals surface area (Å²) in [6.45, 7) is 2.17. The number of aromatic nitrogens is 1. The Labute approximate surface area is 181 Å². The molecule has 0 saturated carbocycles. The largest absolute Gasteiger partial charge is 0.417 e. The number of nitrogens with zero attached hydrogens (tertiary/aromatic N) is 1. The zero-order chi connectivity index (χ0) is 21.9. The maximum absolute atomic E-state index is 13.2. The van der Waals surface area contributed by atoms with Gasteiger partial charge < -0.3 is 5.32 Å². The lowest BCUT2D eigenvalue weighted by Crippen LogP contribution is -2.23. The van der Waals surface area contributed by atoms with Crippen molar-refractivity contribution in [2.45, 2.75) is 24.5 Å². The Hall–Kier alpha value is -2.51. The lowest BCUT2D eigenvalue weighted by atomic mass is 10.0. The number of amides is 1. The van der Waals surface area contributed by atoms with Crippen LogP contribution in [0.15, 0.2) is 59.6 Å². The predicted octanol–water partition coefficient (Wildman–Crippen LogP) is 6.38. The van der Waals surface area contributed by atoms with Crippen LogP contribution >= 0.6 is 23.4 Å². The summed E-state index contributed by atoms with van der Waals surface area (Å²) in [5.41, 5.74) is 2.02. The molecule has 0 radical (unpaired) electrons. The molecule has 8 heteroatoms. The summed E-state index contributed by atoms with van der Waals surface area (Å²) in [6.07, 6.45) is -1.04. The van der Waals surface area contributed by atoms with Crippen molar-refractivity contribution in [3.63, 3.8) is 0 Å². The van der Waals surface area contributed by atoms with E-state index in [4.69, 9.17) is 11.6 Å². The van der Waals surface area contributed by atoms with E-state index in [0.717, 1.165) is 22.2 Å². The number of benzene rings is 2. The number of rotatable bonds is 5. The van der Waals surface area contributed by atoms with Crippen molar-refractivity contribution < 1.29 is 18.0 Å². The van der Waals surface area contributed by atoms with Gasteiger partial charge in [0.2, 0.25) is 0 Å². The molecule has 1 heterocycles. The number of aryl methyl sites for hydroxylation is 1. The van der Waals surface area contributed by atoms with Gasteiger partial charge in [-0.2, -0.15) is 13.2 Å². The molecular formula is C22H18ClF3N2OS. The van der Waals surface area contributed by atoms with Gasteiger partial charge in [-0.1, -0.05) is 23.7 Å². The van der Waals surface area contributed by atoms with Crippen LogP contribution in [0.1, 0.15) is 27.2 Å². The zero-order valence-electron chi connectivity index (χ0n) is 16.2. The first-order valence-electron chi connectivity index (χ1n) is 8.93. The fraction of sp³-hybridized carbons (Fsp3) is 0.182. The minimum Gasteiger partial charge on any atom is -0.348 e. The van der Waals surface area contributed by atoms with Crippen LogP contribution in [0, 0.1) is 6.92 Å². The van der Waals surface area contributed by atoms with E-state index in [9.17, 15) is 18.0 Å². The van der Waals surface area contributed by atoms with E-state index in [2.05, 4.69) is 10.3 Å². The van der Waals surface area contributed by atoms with Crippen LogP contribution in [0.2, 0.25) is 5.02 Å². The molecule has 30 heavy (non-hydrogen) atoms. The van der Waals surface area contributed by atoms with Gasteiger partial charge >= 0.3 is 6.18 Å². The van der Waals surface area contributed by atoms with Gasteiger partial charge in [-0.25, -0.2) is 0 Å². The second kappa shape index (κ2) is 9.10. The third kappa shape index (κ3) is 5.34. The van der Waals surface area contributed by atoms with E-state index >= 15 is 0 Å². The molecule has 1 amide bonds. The molecule has 0 saturated heterocycles. The first-order valence-corrected chi connectivity index (χ1v) is 10.5. The van der Waals surface area contributed by atoms with Gasteiger partial charge in [-0.15, -0.1) is 11.8 Å². The van der Waals surface area contributed by atoms with Gasteiger partial charge in [0.05, 0.1) is 10.6 Å². The van der Waals surface area contributed by atoms with Gasteiger partial charge in [0, 0.05) is 28.9 Å². The Bertz CT molecular complexity index is 1070. The van der Waals surface area contributed by atoms with Crippen LogP contribution in [0.3, 0.4) is 0 Å². The Kier molecular flexibility index (Phi) is 6.73. The van der Waals surface area contributed by atoms with E-state index in [-0.39, 0.29) is 10.9 Å². The van der Waals surface area contributed by atoms with Crippen LogP contribution in [0.25, 0.3) is 11.1 Å². The highest BCUT2D eigenvalue weighted by Gasteiger charge is 2.33. The summed E-state index contributed by atoms with van der Waals surface area (Å²) >= 11 is 7.12. The smallest absolute Gasteiger partial charge is 0.348 e. The highest BCUT2D eigenvalue weighted by molar-refractivity contribution is 7.98. The average molecular weight is 451 g/mol. The van der Waals surface area contributed by atoms with E-state index in [1.54, 1.807) is 24.4 Å². The van der Waals surface area contributed by atoms with Crippen LogP contribution < -0.4 is 5.32 Å². The molecule has 0 aliphatic carbocycles. The maximum atomic E-state index is 13.2. The maximum Gasteiger partial charge on any atom is 0.417 e. The van der Waals surface area contributed by atoms with Gasteiger partial charge in [0.25, 0.3) is 5.91 Å². The summed E-state index contributed by atoms with van der Waals surface area (Å²) in [4.78, 5) is 17.6. The predicted molar refractivity (Wildman–Crippen MR) is 114 cm³/mol. The Morgan fingerprint density at radius 1 is 1.10 bits per heavy atom. The molecule has 0 aliphatic rings. The van der Waals surface area contributed by atoms with Crippen LogP contribution in [0.5, 0.6) is 0 Å². The van der Waals surface area contributed by atoms with E-state index in [0.29, 0.717) is 23.2 Å². The third-order valence-electron chi connectivity index (χ3n) is 4.44. The number of carbonyl (C=O) groups excluding carboxylic acids is 1. The van der Waals surface area contributed by atoms with E-state index in [1.165, 1.54) is 23.9 Å². The van der Waals surface area contributed by atoms with E-state index in [1.807, 2.05) is 25.3 Å². The SMILES string of the molecule is CSc1cc(C(=O)NCc2ccc(C)nc2)cc(-c2ccc(Cl)c(C(F)(F)F)c2)c1. The minimum absolute atomic E-state index is 0.296. The molecule has 1 aromatic heterocycles. The number of nitrogens with one attached hydrogen (secondary N) is 1. The molecule has 0 atom stereocenters. The van der Waals surface area contributed by atoms with Crippen LogP contribution in [0.4, 0.5) is 13.2 Å². The molecule has 2 aromatic carbocycles. The molecule has 0 spiro atoms. The Balaban J connectivity index is 1.90. The molecule has 0 bridgehead atoms. The third-order valence-corrected chi connectivity index (χ3v) is 5.47. The Morgan fingerprint density at radius 2 is 1.87 bits per heavy atom. The zero-order valence-corrected chi connectivity index (χ0v) is 17.8. The molecule has 0 unspecified atom stereocenters. The summed E-state index contributed by atoms with van der Waals surface area (Å²) in [5, 5.41) is 2.46. The molecule has 1 N–H and O–H groups in total. The quantitative estimate of drug-likeness (QED) is 0.458. The second-order valence-electron chi connectivity index (χ2n) is 6.63. The Morgan fingerprint density at radius 3 is 2.50 bits per heavy atom. The number of hydrogen-bond acceptors (Lipinski definition) is 3. The lowest BCUT2D eigenvalue weighted by molar-refractivity contribution is -0.137. The molecule has 156 valence electrons. The highest BCUT2D eigenvalue weighted by Crippen LogP contribution is 2.38. The fourth-order valence-corrected chi connectivity index (χ4v) is 3.54. The van der Waals surface area contributed by atoms with E-state index < -0.39 is 11.7 Å². The molecular weight excluding hydrogens is 433 g/mol. The first-order chi connectivity index (χ1) is 14.2. The number of thioether (sulfide) groups is 1. The number of carbonyl (C=O) groups is 1. The number of hydrogen-bond donors (Lipinski definition) is 1. The lowest BCUT2D eigenvalue weighted by Gasteiger charge is -2.13. The fourth-order valence-electron chi connectivity index (χ4n) is 2.82. The molecule has 0 fully saturated rings. The molecule has 3 rings (SSSR count). The van der Waals surface area contributed by atoms with Gasteiger partial charge in [0.15, 0.2) is 0 Å². The van der Waals surface area contributed by atoms with Crippen LogP contribution in [-0.4, -0.2) is 17.1 Å². The van der Waals surface area contributed by atoms with Crippen molar-refractivity contribution in [3.8, 4) is 11.1 Å². The number of pyridine rings is 1. The summed E-state index contributed by atoms with van der Waals surface area (Å²) < 4.78 is 39.7. The van der Waals surface area contributed by atoms with Crippen molar-refractivity contribution in [1.82, 2.24) is 10.3 Å². The van der Waals surface area contributed by atoms with Crippen LogP contribution in [-0.2, 0) is 12.7 Å². The monoisotopic (exact) mass is 450 g/mol. The highest BCUT2D eigenvalue weighted by atomic mass is 35.5. The summed E-state index contributed by atoms with van der Waals surface area (Å²) in [7, 11) is 0. The van der Waals surface area contributed by atoms with Crippen molar-refractivity contribution >= 4 is 29.3 Å². The van der Waals surface area contributed by atoms with Crippen molar-refractivity contribution in [1.29, 1.82) is 0 Å². The number of alkyl halides is 3. The van der Waals surface area contributed by atoms with Gasteiger partial charge in [-0.3, -0.25) is 9.78 Å². The second-order valence-corrected chi connectivity index (χ2v) is 7.92. The van der Waals surface area contributed by atoms with Crippen molar-refractivity contribution in [3.05, 3.63) is 82.1 Å². The molecule has 3 aromatic rings. The standard InChI is InChI=1S/C22H18ClF3N2OS/c1-13-3-4-14(11-27-13)12-28-21(29)17-7-16(8-18(9-17)30-2)15-5-6-20(23)19(10-15)22(24,25)26/h3-11H,12H2,1-2H3,(H,28,29). The minimum atomic E-state index is -4.56. The number of halogens is 4. The molecule has 3 nitrogen and oxygen atoms in total. The summed E-state index contributed by atoms with van der Waals surface area (Å²) in [6, 6.07) is 12.5. The normalized spacial score (nSPS) is 11.4. The summed E-state index contributed by atoms with van der Waals surface area (Å²) in [5.74, 6) is -0.322. The molecule has 0 aliphatic heterocycles. The topological polar surface area (TPSA) is 42.0 Å². The van der Waals surface area contributed by atoms with Crippen molar-refractivity contribution in [2.24, 2.45) is 0 Å². The average Bonchev–Trinajstić information content (AvgIpc) is 2.72. The van der Waals surface area contributed by atoms with Gasteiger partial charge in [0.1, 0.15) is 0 Å². The first kappa shape index (κ1) is 22.2.